The Labute approximate surface area is 670 Å². The summed E-state index contributed by atoms with van der Waals surface area (Å²) in [4.78, 5) is 106. The summed E-state index contributed by atoms with van der Waals surface area (Å²) in [5.74, 6) is -3.58. The van der Waals surface area contributed by atoms with E-state index < -0.39 is 47.1 Å². The van der Waals surface area contributed by atoms with Crippen LogP contribution < -0.4 is 60.4 Å². The average Bonchev–Trinajstić information content (AvgIpc) is 0.801. The number of fused-ring (bicyclic) bond motifs is 6. The molecule has 604 valence electrons. The van der Waals surface area contributed by atoms with Crippen LogP contribution in [0.1, 0.15) is 116 Å². The molecule has 0 aliphatic carbocycles. The maximum atomic E-state index is 15.1. The first-order valence-corrected chi connectivity index (χ1v) is 38.3. The molecule has 26 nitrogen and oxygen atoms in total. The maximum Gasteiger partial charge on any atom is 0.428 e. The monoisotopic (exact) mass is 1570 g/mol. The van der Waals surface area contributed by atoms with Gasteiger partial charge in [0, 0.05) is 86.1 Å². The van der Waals surface area contributed by atoms with Gasteiger partial charge in [-0.25, -0.2) is 9.80 Å². The predicted molar refractivity (Wildman–Crippen MR) is 433 cm³/mol. The maximum absolute atomic E-state index is 15.1. The number of hydrogen-bond acceptors (Lipinski definition) is 19. The number of hydrazine groups is 1. The molecule has 1 aliphatic rings. The number of nitrogens with one attached hydrogen (secondary N) is 6. The summed E-state index contributed by atoms with van der Waals surface area (Å²) in [5.41, 5.74) is 6.58. The van der Waals surface area contributed by atoms with Crippen LogP contribution in [0.15, 0.2) is 218 Å². The summed E-state index contributed by atoms with van der Waals surface area (Å²) >= 11 is 0. The quantitative estimate of drug-likeness (QED) is 0.0169. The van der Waals surface area contributed by atoms with Gasteiger partial charge in [0.15, 0.2) is 34.5 Å². The molecule has 9 aromatic carbocycles. The SMILES string of the molecule is COCCOCCOCCN1CCNC(=O)c2ccc(c(OCc3ccccc3)c2OCc2ccccc2)C(=O)NCCN(CCNC(=O)c2ccc(C(=O)NN(C)C(=O)OC(C)(C)C)c(OCc3ccccc3)c2OCc2ccccc2)CCNC(=O)c2ccc(c(OCc3ccccc3)c2OCc2ccccc2)C(=O)NCC1. The number of ether oxygens (including phenoxy) is 10. The second-order valence-electron chi connectivity index (χ2n) is 27.8. The Kier molecular flexibility index (Phi) is 33.1. The number of carbonyl (C=O) groups is 7. The van der Waals surface area contributed by atoms with Gasteiger partial charge in [0.1, 0.15) is 45.2 Å². The summed E-state index contributed by atoms with van der Waals surface area (Å²) in [6.45, 7) is 8.44. The lowest BCUT2D eigenvalue weighted by molar-refractivity contribution is 0.0193. The molecule has 7 amide bonds. The molecule has 0 unspecified atom stereocenters. The Balaban J connectivity index is 0.991. The van der Waals surface area contributed by atoms with Gasteiger partial charge in [0.05, 0.1) is 66.4 Å². The van der Waals surface area contributed by atoms with Gasteiger partial charge in [-0.2, -0.15) is 0 Å². The van der Waals surface area contributed by atoms with E-state index in [-0.39, 0.29) is 160 Å². The van der Waals surface area contributed by atoms with E-state index >= 15 is 14.4 Å². The smallest absolute Gasteiger partial charge is 0.428 e. The summed E-state index contributed by atoms with van der Waals surface area (Å²) in [7, 11) is 2.95. The molecule has 0 saturated heterocycles. The van der Waals surface area contributed by atoms with Gasteiger partial charge in [-0.15, -0.1) is 0 Å². The molecule has 0 saturated carbocycles. The highest BCUT2D eigenvalue weighted by atomic mass is 16.6. The number of hydrogen-bond donors (Lipinski definition) is 6. The third-order valence-corrected chi connectivity index (χ3v) is 18.0. The van der Waals surface area contributed by atoms with Crippen molar-refractivity contribution in [3.63, 3.8) is 0 Å². The topological polar surface area (TPSA) is 294 Å². The van der Waals surface area contributed by atoms with E-state index in [0.717, 1.165) is 38.4 Å². The normalized spacial score (nSPS) is 13.4. The highest BCUT2D eigenvalue weighted by Crippen LogP contribution is 2.40. The van der Waals surface area contributed by atoms with E-state index in [4.69, 9.17) is 47.4 Å². The molecule has 0 aromatic heterocycles. The molecule has 115 heavy (non-hydrogen) atoms. The fourth-order valence-electron chi connectivity index (χ4n) is 12.0. The minimum Gasteiger partial charge on any atom is -0.484 e. The van der Waals surface area contributed by atoms with Gasteiger partial charge >= 0.3 is 6.09 Å². The molecule has 1 aliphatic heterocycles. The van der Waals surface area contributed by atoms with Gasteiger partial charge in [-0.3, -0.25) is 44.0 Å². The highest BCUT2D eigenvalue weighted by Gasteiger charge is 2.31. The molecule has 4 bridgehead atoms. The minimum absolute atomic E-state index is 0.000340. The zero-order valence-electron chi connectivity index (χ0n) is 65.6. The number of methoxy groups -OCH3 is 1. The van der Waals surface area contributed by atoms with Crippen LogP contribution >= 0.6 is 0 Å². The molecule has 0 fully saturated rings. The molecule has 6 N–H and O–H groups in total. The van der Waals surface area contributed by atoms with E-state index in [1.165, 1.54) is 43.4 Å². The molecule has 0 spiro atoms. The lowest BCUT2D eigenvalue weighted by atomic mass is 10.1. The van der Waals surface area contributed by atoms with Crippen molar-refractivity contribution in [3.05, 3.63) is 285 Å². The van der Waals surface area contributed by atoms with Crippen LogP contribution in [0.5, 0.6) is 34.5 Å². The third kappa shape index (κ3) is 26.9. The van der Waals surface area contributed by atoms with E-state index in [0.29, 0.717) is 52.7 Å². The van der Waals surface area contributed by atoms with Crippen molar-refractivity contribution in [1.82, 2.24) is 46.8 Å². The van der Waals surface area contributed by atoms with Gasteiger partial charge in [-0.1, -0.05) is 182 Å². The second kappa shape index (κ2) is 44.8. The van der Waals surface area contributed by atoms with Gasteiger partial charge < -0.3 is 74.0 Å². The zero-order valence-corrected chi connectivity index (χ0v) is 65.6. The van der Waals surface area contributed by atoms with Crippen molar-refractivity contribution < 1.29 is 80.9 Å². The Morgan fingerprint density at radius 3 is 0.974 bits per heavy atom. The molecule has 0 atom stereocenters. The van der Waals surface area contributed by atoms with Gasteiger partial charge in [0.25, 0.3) is 35.4 Å². The highest BCUT2D eigenvalue weighted by molar-refractivity contribution is 6.05. The number of nitrogens with zero attached hydrogens (tertiary/aromatic N) is 3. The van der Waals surface area contributed by atoms with Crippen LogP contribution in [-0.4, -0.2) is 181 Å². The molecule has 10 rings (SSSR count). The number of rotatable bonds is 32. The van der Waals surface area contributed by atoms with Crippen LogP contribution in [0.4, 0.5) is 4.79 Å². The second-order valence-corrected chi connectivity index (χ2v) is 27.8. The van der Waals surface area contributed by atoms with Crippen LogP contribution in [0.2, 0.25) is 0 Å². The molecule has 0 radical (unpaired) electrons. The predicted octanol–water partition coefficient (Wildman–Crippen LogP) is 11.0. The summed E-state index contributed by atoms with van der Waals surface area (Å²) < 4.78 is 61.8. The Hall–Kier alpha value is -12.3. The molecular weight excluding hydrogens is 1470 g/mol. The average molecular weight is 1570 g/mol. The summed E-state index contributed by atoms with van der Waals surface area (Å²) in [6.07, 6.45) is -0.827. The number of benzene rings is 9. The zero-order chi connectivity index (χ0) is 81.0. The lowest BCUT2D eigenvalue weighted by Crippen LogP contribution is -2.45. The first-order valence-electron chi connectivity index (χ1n) is 38.3. The van der Waals surface area contributed by atoms with Crippen molar-refractivity contribution in [2.75, 3.05) is 119 Å². The number of carbonyl (C=O) groups excluding carboxylic acids is 7. The fraction of sp³-hybridized carbons (Fsp3) is 0.315. The summed E-state index contributed by atoms with van der Waals surface area (Å²) in [5, 5.41) is 16.3. The molecular formula is C89H101N9O17. The van der Waals surface area contributed by atoms with E-state index in [1.54, 1.807) is 27.9 Å². The standard InChI is InChI=1S/C89H101N9O17/c1-89(2,3)115-88(105)96(4)95-87(104)75-41-40-74(80(113-62-68-32-20-10-21-33-68)81(75)114-63-69-34-22-11-23-35-69)86(103)92-44-49-97-47-42-90-82(99)70-36-38-72(78(111-60-66-28-16-8-17-29-66)76(70)109-58-64-24-12-6-13-25-64)84(101)93-45-50-98(52-53-107-56-57-108-55-54-106-5)51-46-94-85(102)73-39-37-71(83(100)91-43-48-97)77(110-59-65-26-14-7-15-27-65)79(73)112-61-67-30-18-9-19-31-67/h6-41H,42-63H2,1-5H3,(H,90,99)(H,91,100)(H,92,103)(H,93,101)(H,94,102)(H,95,104). The van der Waals surface area contributed by atoms with Gasteiger partial charge in [-0.05, 0) is 90.6 Å². The van der Waals surface area contributed by atoms with Crippen molar-refractivity contribution in [2.24, 2.45) is 0 Å². The van der Waals surface area contributed by atoms with Crippen molar-refractivity contribution in [3.8, 4) is 34.5 Å². The van der Waals surface area contributed by atoms with Crippen LogP contribution in [0, 0.1) is 0 Å². The number of amides is 7. The van der Waals surface area contributed by atoms with E-state index in [9.17, 15) is 19.2 Å². The van der Waals surface area contributed by atoms with Crippen LogP contribution in [0.3, 0.4) is 0 Å². The minimum atomic E-state index is -0.879. The van der Waals surface area contributed by atoms with Crippen molar-refractivity contribution in [2.45, 2.75) is 66.0 Å². The van der Waals surface area contributed by atoms with Crippen LogP contribution in [-0.2, 0) is 58.6 Å². The molecule has 26 heteroatoms. The first kappa shape index (κ1) is 85.1. The molecule has 9 aromatic rings. The van der Waals surface area contributed by atoms with E-state index in [2.05, 4.69) is 32.0 Å². The first-order chi connectivity index (χ1) is 56.0. The Bertz CT molecular complexity index is 4430. The van der Waals surface area contributed by atoms with Crippen molar-refractivity contribution >= 4 is 41.5 Å². The van der Waals surface area contributed by atoms with Gasteiger partial charge in [0.2, 0.25) is 0 Å². The Morgan fingerprint density at radius 2 is 0.661 bits per heavy atom. The van der Waals surface area contributed by atoms with Crippen LogP contribution in [0.25, 0.3) is 0 Å². The third-order valence-electron chi connectivity index (χ3n) is 18.0. The fourth-order valence-corrected chi connectivity index (χ4v) is 12.0. The van der Waals surface area contributed by atoms with E-state index in [1.807, 2.05) is 192 Å². The van der Waals surface area contributed by atoms with Crippen molar-refractivity contribution in [1.29, 1.82) is 0 Å². The largest absolute Gasteiger partial charge is 0.484 e. The molecule has 1 heterocycles. The Morgan fingerprint density at radius 1 is 0.374 bits per heavy atom. The summed E-state index contributed by atoms with van der Waals surface area (Å²) in [6, 6.07) is 64.9. The lowest BCUT2D eigenvalue weighted by Gasteiger charge is -2.25.